The first-order chi connectivity index (χ1) is 21.5. The van der Waals surface area contributed by atoms with Gasteiger partial charge in [0.15, 0.2) is 13.9 Å². The molecule has 3 aromatic carbocycles. The van der Waals surface area contributed by atoms with Crippen LogP contribution in [0.15, 0.2) is 77.9 Å². The zero-order valence-corrected chi connectivity index (χ0v) is 26.4. The molecule has 6 rings (SSSR count). The fraction of sp³-hybridized carbons (Fsp3) is 0.364. The van der Waals surface area contributed by atoms with Crippen molar-refractivity contribution < 1.29 is 29.2 Å². The van der Waals surface area contributed by atoms with Gasteiger partial charge in [0.05, 0.1) is 34.7 Å². The molecule has 1 fully saturated rings. The lowest BCUT2D eigenvalue weighted by molar-refractivity contribution is -0.385. The number of fused-ring (bicyclic) bond motifs is 2. The molecule has 1 spiro atoms. The van der Waals surface area contributed by atoms with E-state index in [1.54, 1.807) is 36.2 Å². The molecule has 11 nitrogen and oxygen atoms in total. The lowest BCUT2D eigenvalue weighted by Crippen LogP contribution is -2.46. The van der Waals surface area contributed by atoms with Gasteiger partial charge in [-0.1, -0.05) is 49.4 Å². The topological polar surface area (TPSA) is 146 Å². The number of rotatable bonds is 8. The molecule has 0 unspecified atom stereocenters. The van der Waals surface area contributed by atoms with Gasteiger partial charge in [-0.25, -0.2) is 5.01 Å². The van der Waals surface area contributed by atoms with Crippen molar-refractivity contribution in [3.8, 4) is 0 Å². The van der Waals surface area contributed by atoms with Crippen LogP contribution in [-0.2, 0) is 26.5 Å². The number of aliphatic hydroxyl groups is 1. The monoisotopic (exact) mass is 628 g/mol. The molecule has 0 aliphatic carbocycles. The number of hydrogen-bond donors (Lipinski definition) is 2. The van der Waals surface area contributed by atoms with Crippen LogP contribution in [-0.4, -0.2) is 53.4 Å². The first-order valence-electron chi connectivity index (χ1n) is 15.1. The fourth-order valence-electron chi connectivity index (χ4n) is 7.25. The van der Waals surface area contributed by atoms with Crippen molar-refractivity contribution in [3.63, 3.8) is 0 Å². The maximum absolute atomic E-state index is 14.5. The van der Waals surface area contributed by atoms with Crippen LogP contribution in [0.4, 0.5) is 17.1 Å². The summed E-state index contributed by atoms with van der Waals surface area (Å²) in [6.07, 6.45) is 0.545. The number of aliphatic hydroxyl groups excluding tert-OH is 1. The maximum atomic E-state index is 14.5. The highest BCUT2D eigenvalue weighted by atomic mass is 28.4. The number of ether oxygens (including phenoxy) is 1. The smallest absolute Gasteiger partial charge is 0.269 e. The van der Waals surface area contributed by atoms with Gasteiger partial charge in [-0.15, -0.1) is 0 Å². The minimum absolute atomic E-state index is 0.107. The first-order valence-corrected chi connectivity index (χ1v) is 18.1. The summed E-state index contributed by atoms with van der Waals surface area (Å²) in [5, 5.41) is 27.6. The van der Waals surface area contributed by atoms with Crippen LogP contribution < -0.4 is 9.91 Å². The molecule has 4 atom stereocenters. The zero-order valence-electron chi connectivity index (χ0n) is 25.4. The van der Waals surface area contributed by atoms with E-state index in [4.69, 9.17) is 4.74 Å². The summed E-state index contributed by atoms with van der Waals surface area (Å²) in [7, 11) is -2.90. The van der Waals surface area contributed by atoms with Crippen molar-refractivity contribution in [3.05, 3.63) is 99.6 Å². The molecular weight excluding hydrogens is 592 g/mol. The van der Waals surface area contributed by atoms with Crippen LogP contribution in [0.25, 0.3) is 0 Å². The van der Waals surface area contributed by atoms with Crippen molar-refractivity contribution in [1.29, 1.82) is 0 Å². The number of carbonyl (C=O) groups is 2. The normalized spacial score (nSPS) is 24.7. The first kappa shape index (κ1) is 30.8. The molecule has 0 radical (unpaired) electrons. The Morgan fingerprint density at radius 3 is 2.42 bits per heavy atom. The molecule has 2 amide bonds. The summed E-state index contributed by atoms with van der Waals surface area (Å²) in [6, 6.07) is 21.3. The largest absolute Gasteiger partial charge is 0.432 e. The van der Waals surface area contributed by atoms with Gasteiger partial charge in [-0.05, 0) is 48.8 Å². The number of benzene rings is 3. The third-order valence-corrected chi connectivity index (χ3v) is 11.8. The number of anilines is 2. The molecule has 234 valence electrons. The Labute approximate surface area is 262 Å². The van der Waals surface area contributed by atoms with Gasteiger partial charge in [0.2, 0.25) is 5.91 Å². The van der Waals surface area contributed by atoms with Crippen LogP contribution in [0.2, 0.25) is 18.6 Å². The summed E-state index contributed by atoms with van der Waals surface area (Å²) in [5.41, 5.74) is 1.99. The highest BCUT2D eigenvalue weighted by molar-refractivity contribution is 6.71. The number of nitro benzene ring substituents is 1. The van der Waals surface area contributed by atoms with Gasteiger partial charge in [-0.2, -0.15) is 5.10 Å². The third-order valence-electron chi connectivity index (χ3n) is 9.25. The minimum Gasteiger partial charge on any atom is -0.432 e. The van der Waals surface area contributed by atoms with Crippen LogP contribution in [0.5, 0.6) is 0 Å². The molecule has 0 bridgehead atoms. The molecule has 12 heteroatoms. The minimum atomic E-state index is -2.90. The van der Waals surface area contributed by atoms with Crippen LogP contribution in [0.1, 0.15) is 42.9 Å². The molecule has 0 aromatic heterocycles. The van der Waals surface area contributed by atoms with E-state index in [-0.39, 0.29) is 42.6 Å². The Hall–Kier alpha value is -4.23. The molecule has 3 aromatic rings. The van der Waals surface area contributed by atoms with Gasteiger partial charge in [0.25, 0.3) is 11.6 Å². The Balaban J connectivity index is 1.33. The van der Waals surface area contributed by atoms with Crippen molar-refractivity contribution in [2.24, 2.45) is 11.0 Å². The van der Waals surface area contributed by atoms with E-state index in [0.29, 0.717) is 29.8 Å². The molecule has 3 aliphatic heterocycles. The van der Waals surface area contributed by atoms with E-state index in [9.17, 15) is 29.6 Å². The lowest BCUT2D eigenvalue weighted by Gasteiger charge is -2.32. The van der Waals surface area contributed by atoms with E-state index < -0.39 is 30.9 Å². The SMILES string of the molecule is C[C@@H]1[C@@H]([Si](C)(C)O)[C@H](CCO)O[C@@]12C(=O)N(Cc1ccc(N3N=C(c4ccccc4)CCC3=O)cc1)c1ccc([N+](=O)[O-])cc12. The van der Waals surface area contributed by atoms with E-state index in [1.807, 2.05) is 49.4 Å². The maximum Gasteiger partial charge on any atom is 0.269 e. The summed E-state index contributed by atoms with van der Waals surface area (Å²) in [6.45, 7) is 5.40. The van der Waals surface area contributed by atoms with E-state index in [0.717, 1.165) is 16.8 Å². The molecular formula is C33H36N4O7Si. The number of hydrazone groups is 1. The molecule has 1 saturated heterocycles. The number of amides is 2. The van der Waals surface area contributed by atoms with Gasteiger partial charge in [-0.3, -0.25) is 19.7 Å². The Morgan fingerprint density at radius 1 is 1.07 bits per heavy atom. The molecule has 0 saturated carbocycles. The van der Waals surface area contributed by atoms with Crippen molar-refractivity contribution in [2.75, 3.05) is 16.5 Å². The van der Waals surface area contributed by atoms with Gasteiger partial charge >= 0.3 is 0 Å². The Morgan fingerprint density at radius 2 is 1.78 bits per heavy atom. The van der Waals surface area contributed by atoms with Gasteiger partial charge < -0.3 is 19.5 Å². The number of nitrogens with zero attached hydrogens (tertiary/aromatic N) is 4. The number of nitro groups is 1. The second-order valence-electron chi connectivity index (χ2n) is 12.5. The van der Waals surface area contributed by atoms with Gasteiger partial charge in [0.1, 0.15) is 0 Å². The van der Waals surface area contributed by atoms with Crippen LogP contribution >= 0.6 is 0 Å². The van der Waals surface area contributed by atoms with E-state index in [2.05, 4.69) is 5.10 Å². The van der Waals surface area contributed by atoms with Crippen LogP contribution in [0, 0.1) is 16.0 Å². The lowest BCUT2D eigenvalue weighted by atomic mass is 9.82. The predicted octanol–water partition coefficient (Wildman–Crippen LogP) is 4.85. The highest BCUT2D eigenvalue weighted by Crippen LogP contribution is 2.60. The zero-order chi connectivity index (χ0) is 32.1. The number of hydrogen-bond acceptors (Lipinski definition) is 8. The van der Waals surface area contributed by atoms with Crippen molar-refractivity contribution >= 4 is 42.9 Å². The average Bonchev–Trinajstić information content (AvgIpc) is 3.44. The molecule has 2 N–H and O–H groups in total. The summed E-state index contributed by atoms with van der Waals surface area (Å²) in [5.74, 6) is -0.964. The number of non-ortho nitro benzene ring substituents is 1. The molecule has 3 heterocycles. The van der Waals surface area contributed by atoms with Crippen LogP contribution in [0.3, 0.4) is 0 Å². The van der Waals surface area contributed by atoms with E-state index in [1.165, 1.54) is 17.1 Å². The molecule has 3 aliphatic rings. The van der Waals surface area contributed by atoms with E-state index >= 15 is 0 Å². The fourth-order valence-corrected chi connectivity index (χ4v) is 9.85. The second kappa shape index (κ2) is 11.6. The van der Waals surface area contributed by atoms with Crippen molar-refractivity contribution in [1.82, 2.24) is 0 Å². The Kier molecular flexibility index (Phi) is 7.94. The highest BCUT2D eigenvalue weighted by Gasteiger charge is 2.66. The second-order valence-corrected chi connectivity index (χ2v) is 16.5. The number of carbonyl (C=O) groups excluding carboxylic acids is 2. The third kappa shape index (κ3) is 5.27. The average molecular weight is 629 g/mol. The summed E-state index contributed by atoms with van der Waals surface area (Å²) in [4.78, 5) is 51.4. The van der Waals surface area contributed by atoms with Crippen molar-refractivity contribution in [2.45, 2.75) is 63.1 Å². The Bertz CT molecular complexity index is 1670. The standard InChI is InChI=1S/C33H36N4O7Si/c1-21-31(45(2,3)43)29(17-18-38)44-33(21)26-19-25(37(41)42)13-15-28(26)35(32(33)40)20-22-9-11-24(12-10-22)36-30(39)16-14-27(34-36)23-7-5-4-6-8-23/h4-13,15,19,21,29,31,38,43H,14,16-18,20H2,1-3H3/t21-,29+,31-,33+/m1/s1. The summed E-state index contributed by atoms with van der Waals surface area (Å²) >= 11 is 0. The predicted molar refractivity (Wildman–Crippen MR) is 171 cm³/mol. The summed E-state index contributed by atoms with van der Waals surface area (Å²) < 4.78 is 6.54. The quantitative estimate of drug-likeness (QED) is 0.206. The molecule has 45 heavy (non-hydrogen) atoms. The van der Waals surface area contributed by atoms with Gasteiger partial charge in [0, 0.05) is 48.6 Å².